The smallest absolute Gasteiger partial charge is 0.222 e. The van der Waals surface area contributed by atoms with Crippen LogP contribution in [0, 0.1) is 6.92 Å². The predicted molar refractivity (Wildman–Crippen MR) is 66.0 cm³/mol. The summed E-state index contributed by atoms with van der Waals surface area (Å²) in [5.74, 6) is 1.33. The summed E-state index contributed by atoms with van der Waals surface area (Å²) in [4.78, 5) is 8.07. The van der Waals surface area contributed by atoms with Gasteiger partial charge >= 0.3 is 0 Å². The van der Waals surface area contributed by atoms with E-state index in [0.29, 0.717) is 12.4 Å². The van der Waals surface area contributed by atoms with Crippen LogP contribution in [0.15, 0.2) is 36.7 Å². The predicted octanol–water partition coefficient (Wildman–Crippen LogP) is 2.08. The second kappa shape index (κ2) is 5.41. The number of ether oxygens (including phenoxy) is 1. The normalized spacial score (nSPS) is 10.2. The van der Waals surface area contributed by atoms with Crippen LogP contribution in [0.4, 0.5) is 0 Å². The lowest BCUT2D eigenvalue weighted by molar-refractivity contribution is 0.460. The van der Waals surface area contributed by atoms with Crippen LogP contribution in [-0.2, 0) is 6.42 Å². The van der Waals surface area contributed by atoms with E-state index in [-0.39, 0.29) is 0 Å². The molecule has 4 heteroatoms. The summed E-state index contributed by atoms with van der Waals surface area (Å²) in [5, 5.41) is 0. The first-order chi connectivity index (χ1) is 8.28. The van der Waals surface area contributed by atoms with Gasteiger partial charge in [-0.1, -0.05) is 12.1 Å². The van der Waals surface area contributed by atoms with Gasteiger partial charge in [0.05, 0.1) is 0 Å². The topological polar surface area (TPSA) is 61.0 Å². The van der Waals surface area contributed by atoms with E-state index in [1.807, 2.05) is 31.2 Å². The molecule has 0 unspecified atom stereocenters. The quantitative estimate of drug-likeness (QED) is 0.872. The average Bonchev–Trinajstić information content (AvgIpc) is 2.30. The molecule has 0 spiro atoms. The van der Waals surface area contributed by atoms with Gasteiger partial charge in [-0.15, -0.1) is 0 Å². The zero-order valence-corrected chi connectivity index (χ0v) is 9.76. The Labute approximate surface area is 100 Å². The fraction of sp³-hybridized carbons (Fsp3) is 0.231. The van der Waals surface area contributed by atoms with Crippen molar-refractivity contribution >= 4 is 0 Å². The average molecular weight is 229 g/mol. The van der Waals surface area contributed by atoms with Gasteiger partial charge in [0.25, 0.3) is 0 Å². The first-order valence-corrected chi connectivity index (χ1v) is 5.53. The Kier molecular flexibility index (Phi) is 3.67. The van der Waals surface area contributed by atoms with Gasteiger partial charge in [-0.2, -0.15) is 0 Å². The molecule has 88 valence electrons. The highest BCUT2D eigenvalue weighted by atomic mass is 16.5. The number of hydrogen-bond donors (Lipinski definition) is 1. The number of hydrogen-bond acceptors (Lipinski definition) is 4. The third kappa shape index (κ3) is 3.26. The zero-order valence-electron chi connectivity index (χ0n) is 9.76. The molecule has 1 heterocycles. The van der Waals surface area contributed by atoms with Gasteiger partial charge in [0, 0.05) is 11.8 Å². The van der Waals surface area contributed by atoms with E-state index >= 15 is 0 Å². The summed E-state index contributed by atoms with van der Waals surface area (Å²) in [5.41, 5.74) is 7.57. The third-order valence-electron chi connectivity index (χ3n) is 2.33. The minimum absolute atomic E-state index is 0.558. The highest BCUT2D eigenvalue weighted by molar-refractivity contribution is 5.31. The molecule has 0 radical (unpaired) electrons. The summed E-state index contributed by atoms with van der Waals surface area (Å²) in [6.45, 7) is 2.54. The summed E-state index contributed by atoms with van der Waals surface area (Å²) in [6.07, 6.45) is 2.34. The second-order valence-corrected chi connectivity index (χ2v) is 3.79. The van der Waals surface area contributed by atoms with Crippen molar-refractivity contribution in [3.63, 3.8) is 0 Å². The molecule has 0 aliphatic rings. The molecule has 0 aliphatic carbocycles. The van der Waals surface area contributed by atoms with Crippen molar-refractivity contribution in [1.82, 2.24) is 9.97 Å². The van der Waals surface area contributed by atoms with E-state index in [4.69, 9.17) is 10.5 Å². The molecule has 0 atom stereocenters. The summed E-state index contributed by atoms with van der Waals surface area (Å²) in [6, 6.07) is 9.66. The van der Waals surface area contributed by atoms with Crippen molar-refractivity contribution in [3.05, 3.63) is 47.9 Å². The molecule has 2 rings (SSSR count). The van der Waals surface area contributed by atoms with Crippen molar-refractivity contribution in [1.29, 1.82) is 0 Å². The second-order valence-electron chi connectivity index (χ2n) is 3.79. The lowest BCUT2D eigenvalue weighted by atomic mass is 10.1. The number of rotatable bonds is 4. The molecule has 0 amide bonds. The molecular weight excluding hydrogens is 214 g/mol. The molecule has 0 saturated carbocycles. The van der Waals surface area contributed by atoms with Gasteiger partial charge < -0.3 is 10.5 Å². The van der Waals surface area contributed by atoms with E-state index in [1.54, 1.807) is 6.07 Å². The number of nitrogens with zero attached hydrogens (tertiary/aromatic N) is 2. The zero-order chi connectivity index (χ0) is 12.1. The molecule has 4 nitrogen and oxygen atoms in total. The Morgan fingerprint density at radius 1 is 1.24 bits per heavy atom. The van der Waals surface area contributed by atoms with E-state index in [2.05, 4.69) is 9.97 Å². The van der Waals surface area contributed by atoms with Crippen molar-refractivity contribution < 1.29 is 4.74 Å². The first kappa shape index (κ1) is 11.5. The standard InChI is InChI=1S/C13H15N3O/c1-10-7-13(16-9-15-10)17-12-4-2-3-11(8-12)5-6-14/h2-4,7-9H,5-6,14H2,1H3. The summed E-state index contributed by atoms with van der Waals surface area (Å²) in [7, 11) is 0. The van der Waals surface area contributed by atoms with E-state index in [9.17, 15) is 0 Å². The van der Waals surface area contributed by atoms with Crippen LogP contribution in [0.2, 0.25) is 0 Å². The maximum Gasteiger partial charge on any atom is 0.222 e. The number of aryl methyl sites for hydroxylation is 1. The van der Waals surface area contributed by atoms with Crippen molar-refractivity contribution in [2.24, 2.45) is 5.73 Å². The maximum absolute atomic E-state index is 5.65. The van der Waals surface area contributed by atoms with Gasteiger partial charge in [-0.05, 0) is 37.6 Å². The minimum Gasteiger partial charge on any atom is -0.439 e. The van der Waals surface area contributed by atoms with Gasteiger partial charge in [0.1, 0.15) is 12.1 Å². The van der Waals surface area contributed by atoms with Crippen molar-refractivity contribution in [2.75, 3.05) is 6.54 Å². The number of aromatic nitrogens is 2. The molecule has 1 aromatic carbocycles. The number of nitrogens with two attached hydrogens (primary N) is 1. The van der Waals surface area contributed by atoms with Crippen LogP contribution in [-0.4, -0.2) is 16.5 Å². The Bertz CT molecular complexity index is 500. The summed E-state index contributed by atoms with van der Waals surface area (Å²) >= 11 is 0. The van der Waals surface area contributed by atoms with Crippen LogP contribution >= 0.6 is 0 Å². The highest BCUT2D eigenvalue weighted by Gasteiger charge is 2.00. The lowest BCUT2D eigenvalue weighted by Crippen LogP contribution is -2.02. The molecule has 1 aromatic heterocycles. The fourth-order valence-electron chi connectivity index (χ4n) is 1.54. The summed E-state index contributed by atoms with van der Waals surface area (Å²) < 4.78 is 5.65. The van der Waals surface area contributed by atoms with Crippen LogP contribution in [0.1, 0.15) is 11.3 Å². The minimum atomic E-state index is 0.558. The van der Waals surface area contributed by atoms with Crippen molar-refractivity contribution in [3.8, 4) is 11.6 Å². The van der Waals surface area contributed by atoms with Crippen LogP contribution in [0.25, 0.3) is 0 Å². The third-order valence-corrected chi connectivity index (χ3v) is 2.33. The molecule has 2 aromatic rings. The van der Waals surface area contributed by atoms with E-state index in [1.165, 1.54) is 6.33 Å². The first-order valence-electron chi connectivity index (χ1n) is 5.53. The molecule has 17 heavy (non-hydrogen) atoms. The SMILES string of the molecule is Cc1cc(Oc2cccc(CCN)c2)ncn1. The molecule has 2 N–H and O–H groups in total. The highest BCUT2D eigenvalue weighted by Crippen LogP contribution is 2.20. The fourth-order valence-corrected chi connectivity index (χ4v) is 1.54. The Morgan fingerprint density at radius 2 is 2.12 bits per heavy atom. The van der Waals surface area contributed by atoms with Crippen LogP contribution in [0.5, 0.6) is 11.6 Å². The van der Waals surface area contributed by atoms with Gasteiger partial charge in [-0.3, -0.25) is 0 Å². The monoisotopic (exact) mass is 229 g/mol. The van der Waals surface area contributed by atoms with Gasteiger partial charge in [0.2, 0.25) is 5.88 Å². The molecular formula is C13H15N3O. The van der Waals surface area contributed by atoms with Gasteiger partial charge in [0.15, 0.2) is 0 Å². The molecule has 0 fully saturated rings. The van der Waals surface area contributed by atoms with Gasteiger partial charge in [-0.25, -0.2) is 9.97 Å². The lowest BCUT2D eigenvalue weighted by Gasteiger charge is -2.06. The molecule has 0 aliphatic heterocycles. The Balaban J connectivity index is 2.15. The van der Waals surface area contributed by atoms with Crippen LogP contribution in [0.3, 0.4) is 0 Å². The Morgan fingerprint density at radius 3 is 2.88 bits per heavy atom. The maximum atomic E-state index is 5.65. The number of benzene rings is 1. The van der Waals surface area contributed by atoms with Crippen LogP contribution < -0.4 is 10.5 Å². The van der Waals surface area contributed by atoms with Crippen molar-refractivity contribution in [2.45, 2.75) is 13.3 Å². The Hall–Kier alpha value is -1.94. The van der Waals surface area contributed by atoms with E-state index in [0.717, 1.165) is 23.4 Å². The largest absolute Gasteiger partial charge is 0.439 e. The molecule has 0 saturated heterocycles. The molecule has 0 bridgehead atoms. The van der Waals surface area contributed by atoms with E-state index < -0.39 is 0 Å².